The molecule has 0 aliphatic heterocycles. The number of carbonyl (C=O) groups is 6. The van der Waals surface area contributed by atoms with E-state index in [1.54, 1.807) is 34.3 Å². The molecule has 15 heteroatoms. The molecule has 49 heavy (non-hydrogen) atoms. The maximum Gasteiger partial charge on any atom is 0.256 e. The monoisotopic (exact) mass is 712 g/mol. The average molecular weight is 713 g/mol. The summed E-state index contributed by atoms with van der Waals surface area (Å²) in [6.07, 6.45) is 3.21. The Bertz CT molecular complexity index is 1130. The van der Waals surface area contributed by atoms with Crippen molar-refractivity contribution in [1.82, 2.24) is 30.2 Å². The van der Waals surface area contributed by atoms with Crippen LogP contribution in [0.15, 0.2) is 4.99 Å². The van der Waals surface area contributed by atoms with Gasteiger partial charge >= 0.3 is 0 Å². The predicted octanol–water partition coefficient (Wildman–Crippen LogP) is 1.77. The third kappa shape index (κ3) is 15.8. The third-order valence-electron chi connectivity index (χ3n) is 7.87. The van der Waals surface area contributed by atoms with Gasteiger partial charge in [-0.25, -0.2) is 0 Å². The summed E-state index contributed by atoms with van der Waals surface area (Å²) in [4.78, 5) is 90.1. The van der Waals surface area contributed by atoms with Gasteiger partial charge in [-0.1, -0.05) is 48.5 Å². The molecule has 0 aliphatic carbocycles. The van der Waals surface area contributed by atoms with Gasteiger partial charge in [0.1, 0.15) is 24.2 Å². The van der Waals surface area contributed by atoms with Crippen LogP contribution >= 0.6 is 11.8 Å². The molecule has 0 aromatic carbocycles. The van der Waals surface area contributed by atoms with E-state index in [-0.39, 0.29) is 30.1 Å². The predicted molar refractivity (Wildman–Crippen MR) is 197 cm³/mol. The number of rotatable bonds is 22. The maximum absolute atomic E-state index is 14.1. The molecule has 0 unspecified atom stereocenters. The van der Waals surface area contributed by atoms with Gasteiger partial charge in [0.25, 0.3) is 5.91 Å². The lowest BCUT2D eigenvalue weighted by Crippen LogP contribution is -2.60. The summed E-state index contributed by atoms with van der Waals surface area (Å²) < 4.78 is 0. The fourth-order valence-corrected chi connectivity index (χ4v) is 6.01. The molecule has 0 rings (SSSR count). The lowest BCUT2D eigenvalue weighted by molar-refractivity contribution is -0.147. The van der Waals surface area contributed by atoms with Crippen LogP contribution in [0.4, 0.5) is 0 Å². The number of carbonyl (C=O) groups excluding carboxylic acids is 6. The normalized spacial score (nSPS) is 14.6. The number of primary amides is 1. The Balaban J connectivity index is 6.38. The summed E-state index contributed by atoms with van der Waals surface area (Å²) in [6.45, 7) is 15.1. The van der Waals surface area contributed by atoms with Crippen LogP contribution in [0, 0.1) is 17.8 Å². The van der Waals surface area contributed by atoms with Gasteiger partial charge in [-0.05, 0) is 43.9 Å². The van der Waals surface area contributed by atoms with Gasteiger partial charge in [0.2, 0.25) is 29.5 Å². The number of hydrogen-bond acceptors (Lipinski definition) is 8. The van der Waals surface area contributed by atoms with Crippen molar-refractivity contribution in [2.75, 3.05) is 47.5 Å². The summed E-state index contributed by atoms with van der Waals surface area (Å²) >= 11 is 1.29. The minimum Gasteiger partial charge on any atom is -0.369 e. The molecular formula is C34H64N8O6S. The average Bonchev–Trinajstić information content (AvgIpc) is 3.00. The molecule has 0 aromatic rings. The van der Waals surface area contributed by atoms with Gasteiger partial charge in [-0.2, -0.15) is 0 Å². The lowest BCUT2D eigenvalue weighted by atomic mass is 9.97. The van der Waals surface area contributed by atoms with Gasteiger partial charge in [0.15, 0.2) is 5.37 Å². The zero-order chi connectivity index (χ0) is 38.2. The number of likely N-dealkylation sites (N-methyl/N-ethyl adjacent to an activating group) is 3. The highest BCUT2D eigenvalue weighted by molar-refractivity contribution is 8.00. The molecule has 0 saturated heterocycles. The van der Waals surface area contributed by atoms with E-state index in [4.69, 9.17) is 5.73 Å². The van der Waals surface area contributed by atoms with Crippen LogP contribution in [0.2, 0.25) is 0 Å². The molecule has 14 nitrogen and oxygen atoms in total. The van der Waals surface area contributed by atoms with E-state index in [1.807, 2.05) is 53.6 Å². The Labute approximate surface area is 298 Å². The molecule has 282 valence electrons. The minimum atomic E-state index is -1.01. The largest absolute Gasteiger partial charge is 0.369 e. The van der Waals surface area contributed by atoms with Crippen LogP contribution in [-0.2, 0) is 28.8 Å². The molecule has 6 amide bonds. The van der Waals surface area contributed by atoms with Crippen LogP contribution in [0.5, 0.6) is 0 Å². The van der Waals surface area contributed by atoms with Gasteiger partial charge in [-0.15, -0.1) is 11.8 Å². The van der Waals surface area contributed by atoms with Crippen LogP contribution < -0.4 is 16.4 Å². The quantitative estimate of drug-likeness (QED) is 0.0658. The van der Waals surface area contributed by atoms with Crippen LogP contribution in [0.25, 0.3) is 0 Å². The third-order valence-corrected chi connectivity index (χ3v) is 9.12. The van der Waals surface area contributed by atoms with E-state index in [0.717, 1.165) is 0 Å². The molecule has 0 saturated carbocycles. The topological polar surface area (TPSA) is 178 Å². The second kappa shape index (κ2) is 22.4. The fourth-order valence-electron chi connectivity index (χ4n) is 4.93. The Morgan fingerprint density at radius 2 is 1.24 bits per heavy atom. The first-order chi connectivity index (χ1) is 22.7. The highest BCUT2D eigenvalue weighted by Crippen LogP contribution is 2.22. The molecule has 5 atom stereocenters. The first-order valence-corrected chi connectivity index (χ1v) is 18.2. The molecule has 0 aliphatic rings. The molecule has 0 spiro atoms. The number of nitrogens with one attached hydrogen (secondary N) is 2. The summed E-state index contributed by atoms with van der Waals surface area (Å²) in [7, 11) is 8.36. The van der Waals surface area contributed by atoms with E-state index in [1.165, 1.54) is 40.4 Å². The maximum atomic E-state index is 14.1. The molecular weight excluding hydrogens is 648 g/mol. The second-order valence-electron chi connectivity index (χ2n) is 14.0. The van der Waals surface area contributed by atoms with Crippen molar-refractivity contribution in [3.63, 3.8) is 0 Å². The number of nitrogens with two attached hydrogens (primary N) is 1. The summed E-state index contributed by atoms with van der Waals surface area (Å²) in [5.74, 6) is -2.65. The highest BCUT2D eigenvalue weighted by Gasteiger charge is 2.39. The molecule has 0 bridgehead atoms. The summed E-state index contributed by atoms with van der Waals surface area (Å²) in [5, 5.41) is 4.58. The van der Waals surface area contributed by atoms with Gasteiger partial charge in [-0.3, -0.25) is 33.8 Å². The van der Waals surface area contributed by atoms with Gasteiger partial charge < -0.3 is 36.0 Å². The Kier molecular flexibility index (Phi) is 20.8. The van der Waals surface area contributed by atoms with Crippen molar-refractivity contribution in [3.05, 3.63) is 0 Å². The van der Waals surface area contributed by atoms with E-state index in [0.29, 0.717) is 31.6 Å². The van der Waals surface area contributed by atoms with E-state index >= 15 is 0 Å². The van der Waals surface area contributed by atoms with Crippen LogP contribution in [0.1, 0.15) is 81.1 Å². The van der Waals surface area contributed by atoms with E-state index < -0.39 is 59.1 Å². The van der Waals surface area contributed by atoms with Crippen molar-refractivity contribution in [1.29, 1.82) is 0 Å². The lowest BCUT2D eigenvalue weighted by Gasteiger charge is -2.37. The number of aliphatic imine (C=N–C) groups is 1. The number of nitrogens with zero attached hydrogens (tertiary/aromatic N) is 5. The highest BCUT2D eigenvalue weighted by atomic mass is 32.2. The smallest absolute Gasteiger partial charge is 0.256 e. The van der Waals surface area contributed by atoms with Crippen molar-refractivity contribution < 1.29 is 28.8 Å². The van der Waals surface area contributed by atoms with E-state index in [2.05, 4.69) is 15.6 Å². The summed E-state index contributed by atoms with van der Waals surface area (Å²) in [6, 6.07) is -3.80. The van der Waals surface area contributed by atoms with Crippen molar-refractivity contribution >= 4 is 53.5 Å². The second-order valence-corrected chi connectivity index (χ2v) is 15.2. The zero-order valence-corrected chi connectivity index (χ0v) is 32.9. The van der Waals surface area contributed by atoms with E-state index in [9.17, 15) is 28.8 Å². The first kappa shape index (κ1) is 45.6. The van der Waals surface area contributed by atoms with Crippen molar-refractivity contribution in [2.45, 2.75) is 111 Å². The molecule has 0 aromatic heterocycles. The number of hydrogen-bond donors (Lipinski definition) is 3. The molecule has 0 fully saturated rings. The number of thioether (sulfide) groups is 1. The Morgan fingerprint density at radius 3 is 1.67 bits per heavy atom. The molecule has 0 heterocycles. The fraction of sp³-hybridized carbons (Fsp3) is 0.794. The molecule has 4 N–H and O–H groups in total. The first-order valence-electron chi connectivity index (χ1n) is 17.1. The van der Waals surface area contributed by atoms with Gasteiger partial charge in [0.05, 0.1) is 6.34 Å². The Morgan fingerprint density at radius 1 is 0.755 bits per heavy atom. The van der Waals surface area contributed by atoms with Crippen LogP contribution in [0.3, 0.4) is 0 Å². The number of amides is 6. The zero-order valence-electron chi connectivity index (χ0n) is 32.1. The standard InChI is InChI=1S/C34H64N8O6S/c1-14-15-27(43)42(13)34(49-17-16-36-20-39(9)10)33(48)41(12)26(19-22(4)5)31(46)38-28(23(6)7)32(47)40(11)25(18-21(2)3)30(45)37-24(8)29(35)44/h20-26,28,34H,14-19H2,1-13H3,(H2,35,44)(H,37,45)(H,38,46)/b36-20-/t24-,25-,26-,28-,34+/m0/s1. The SMILES string of the molecule is CCCC(=O)N(C)[C@H](SCC/N=C\N(C)C)C(=O)N(C)[C@@H](CC(C)C)C(=O)N[C@H](C(=O)N(C)[C@@H](CC(C)C)C(=O)N[C@@H](C)C(N)=O)C(C)C. The van der Waals surface area contributed by atoms with Gasteiger partial charge in [0, 0.05) is 54.0 Å². The van der Waals surface area contributed by atoms with Crippen LogP contribution in [-0.4, -0.2) is 138 Å². The molecule has 0 radical (unpaired) electrons. The van der Waals surface area contributed by atoms with Crippen molar-refractivity contribution in [3.8, 4) is 0 Å². The Hall–Kier alpha value is -3.36. The van der Waals surface area contributed by atoms with Crippen molar-refractivity contribution in [2.24, 2.45) is 28.5 Å². The minimum absolute atomic E-state index is 0.0131. The summed E-state index contributed by atoms with van der Waals surface area (Å²) in [5.41, 5.74) is 5.34.